The molecule has 0 amide bonds. The van der Waals surface area contributed by atoms with Gasteiger partial charge in [0.2, 0.25) is 0 Å². The molecule has 0 aliphatic carbocycles. The molecule has 25 heavy (non-hydrogen) atoms. The molecule has 0 heterocycles. The van der Waals surface area contributed by atoms with Crippen LogP contribution in [0.3, 0.4) is 0 Å². The van der Waals surface area contributed by atoms with E-state index in [1.54, 1.807) is 24.3 Å². The molecule has 130 valence electrons. The summed E-state index contributed by atoms with van der Waals surface area (Å²) >= 11 is 0. The third kappa shape index (κ3) is 5.71. The van der Waals surface area contributed by atoms with E-state index in [0.29, 0.717) is 12.0 Å². The van der Waals surface area contributed by atoms with Crippen LogP contribution in [0.1, 0.15) is 23.1 Å². The summed E-state index contributed by atoms with van der Waals surface area (Å²) in [7, 11) is 0. The molecule has 0 unspecified atom stereocenters. The standard InChI is InChI=1S/C20H22N2O3/c21-13-16-8-6-15(7-9-16)10-17(20(24)25)12-19(23)18(22)11-14-4-2-1-3-5-14/h1-9,17-19,23H,10-12,22H2,(H,24,25)/t17-,18+,19+/m1/s1. The van der Waals surface area contributed by atoms with Crippen LogP contribution in [0.2, 0.25) is 0 Å². The normalized spacial score (nSPS) is 14.3. The molecule has 3 atom stereocenters. The maximum atomic E-state index is 11.5. The number of aliphatic carboxylic acids is 1. The first-order chi connectivity index (χ1) is 12.0. The lowest BCUT2D eigenvalue weighted by molar-refractivity contribution is -0.142. The van der Waals surface area contributed by atoms with Gasteiger partial charge in [0.05, 0.1) is 23.7 Å². The van der Waals surface area contributed by atoms with Gasteiger partial charge in [-0.25, -0.2) is 0 Å². The number of hydrogen-bond acceptors (Lipinski definition) is 4. The summed E-state index contributed by atoms with van der Waals surface area (Å²) < 4.78 is 0. The molecule has 0 aliphatic heterocycles. The first-order valence-electron chi connectivity index (χ1n) is 8.19. The first kappa shape index (κ1) is 18.7. The van der Waals surface area contributed by atoms with Crippen molar-refractivity contribution in [1.82, 2.24) is 0 Å². The number of aliphatic hydroxyl groups is 1. The van der Waals surface area contributed by atoms with Crippen LogP contribution in [-0.2, 0) is 17.6 Å². The van der Waals surface area contributed by atoms with Gasteiger partial charge in [-0.15, -0.1) is 0 Å². The molecule has 0 aliphatic rings. The van der Waals surface area contributed by atoms with E-state index >= 15 is 0 Å². The highest BCUT2D eigenvalue weighted by Gasteiger charge is 2.25. The fourth-order valence-electron chi connectivity index (χ4n) is 2.76. The van der Waals surface area contributed by atoms with Crippen LogP contribution in [0.4, 0.5) is 0 Å². The Hall–Kier alpha value is -2.68. The number of nitrogens with zero attached hydrogens (tertiary/aromatic N) is 1. The minimum absolute atomic E-state index is 0.0866. The minimum atomic E-state index is -0.963. The van der Waals surface area contributed by atoms with Crippen LogP contribution in [0.5, 0.6) is 0 Å². The zero-order valence-corrected chi connectivity index (χ0v) is 13.9. The van der Waals surface area contributed by atoms with Crippen molar-refractivity contribution in [3.05, 3.63) is 71.3 Å². The van der Waals surface area contributed by atoms with E-state index in [1.807, 2.05) is 36.4 Å². The summed E-state index contributed by atoms with van der Waals surface area (Å²) in [6, 6.07) is 17.9. The molecule has 2 aromatic rings. The molecular weight excluding hydrogens is 316 g/mol. The van der Waals surface area contributed by atoms with E-state index in [1.165, 1.54) is 0 Å². The Labute approximate surface area is 147 Å². The van der Waals surface area contributed by atoms with Crippen molar-refractivity contribution in [2.75, 3.05) is 0 Å². The number of carbonyl (C=O) groups is 1. The van der Waals surface area contributed by atoms with Crippen LogP contribution >= 0.6 is 0 Å². The summed E-state index contributed by atoms with van der Waals surface area (Å²) in [6.45, 7) is 0. The van der Waals surface area contributed by atoms with Gasteiger partial charge in [-0.3, -0.25) is 4.79 Å². The number of aliphatic hydroxyl groups excluding tert-OH is 1. The summed E-state index contributed by atoms with van der Waals surface area (Å²) in [5, 5.41) is 28.6. The summed E-state index contributed by atoms with van der Waals surface area (Å²) in [5.74, 6) is -1.69. The molecular formula is C20H22N2O3. The van der Waals surface area contributed by atoms with Crippen LogP contribution in [0, 0.1) is 17.2 Å². The van der Waals surface area contributed by atoms with Crippen molar-refractivity contribution >= 4 is 5.97 Å². The Morgan fingerprint density at radius 2 is 1.64 bits per heavy atom. The van der Waals surface area contributed by atoms with E-state index in [0.717, 1.165) is 11.1 Å². The van der Waals surface area contributed by atoms with E-state index in [9.17, 15) is 15.0 Å². The number of nitrogens with two attached hydrogens (primary N) is 1. The predicted molar refractivity (Wildman–Crippen MR) is 94.7 cm³/mol. The van der Waals surface area contributed by atoms with Gasteiger partial charge >= 0.3 is 5.97 Å². The van der Waals surface area contributed by atoms with E-state index in [4.69, 9.17) is 11.0 Å². The van der Waals surface area contributed by atoms with Gasteiger partial charge in [0.25, 0.3) is 0 Å². The second-order valence-electron chi connectivity index (χ2n) is 6.20. The van der Waals surface area contributed by atoms with Crippen molar-refractivity contribution in [2.24, 2.45) is 11.7 Å². The molecule has 5 heteroatoms. The second kappa shape index (κ2) is 8.97. The summed E-state index contributed by atoms with van der Waals surface area (Å²) in [5.41, 5.74) is 8.40. The number of rotatable bonds is 8. The van der Waals surface area contributed by atoms with Crippen molar-refractivity contribution in [3.63, 3.8) is 0 Å². The zero-order chi connectivity index (χ0) is 18.2. The molecule has 0 fully saturated rings. The lowest BCUT2D eigenvalue weighted by Gasteiger charge is -2.22. The molecule has 0 radical (unpaired) electrons. The van der Waals surface area contributed by atoms with Gasteiger partial charge in [-0.1, -0.05) is 42.5 Å². The highest BCUT2D eigenvalue weighted by Crippen LogP contribution is 2.18. The Kier molecular flexibility index (Phi) is 6.70. The summed E-state index contributed by atoms with van der Waals surface area (Å²) in [4.78, 5) is 11.5. The molecule has 2 rings (SSSR count). The predicted octanol–water partition coefficient (Wildman–Crippen LogP) is 2.12. The van der Waals surface area contributed by atoms with Crippen LogP contribution in [-0.4, -0.2) is 28.3 Å². The topological polar surface area (TPSA) is 107 Å². The average molecular weight is 338 g/mol. The quantitative estimate of drug-likeness (QED) is 0.683. The van der Waals surface area contributed by atoms with Crippen molar-refractivity contribution in [1.29, 1.82) is 5.26 Å². The molecule has 0 bridgehead atoms. The van der Waals surface area contributed by atoms with E-state index in [2.05, 4.69) is 0 Å². The highest BCUT2D eigenvalue weighted by molar-refractivity contribution is 5.70. The summed E-state index contributed by atoms with van der Waals surface area (Å²) in [6.07, 6.45) is -0.0373. The number of carboxylic acid groups (broad SMARTS) is 1. The molecule has 0 saturated carbocycles. The van der Waals surface area contributed by atoms with Crippen LogP contribution in [0.15, 0.2) is 54.6 Å². The molecule has 5 nitrogen and oxygen atoms in total. The molecule has 0 spiro atoms. The van der Waals surface area contributed by atoms with Crippen LogP contribution < -0.4 is 5.73 Å². The number of carboxylic acids is 1. The molecule has 4 N–H and O–H groups in total. The van der Waals surface area contributed by atoms with E-state index in [-0.39, 0.29) is 12.8 Å². The van der Waals surface area contributed by atoms with Crippen LogP contribution in [0.25, 0.3) is 0 Å². The number of benzene rings is 2. The zero-order valence-electron chi connectivity index (χ0n) is 13.9. The Morgan fingerprint density at radius 3 is 2.20 bits per heavy atom. The second-order valence-corrected chi connectivity index (χ2v) is 6.20. The Balaban J connectivity index is 1.97. The fourth-order valence-corrected chi connectivity index (χ4v) is 2.76. The molecule has 2 aromatic carbocycles. The number of hydrogen-bond donors (Lipinski definition) is 3. The Bertz CT molecular complexity index is 723. The van der Waals surface area contributed by atoms with Crippen molar-refractivity contribution in [2.45, 2.75) is 31.4 Å². The lowest BCUT2D eigenvalue weighted by Crippen LogP contribution is -2.39. The fraction of sp³-hybridized carbons (Fsp3) is 0.300. The van der Waals surface area contributed by atoms with Gasteiger partial charge in [-0.2, -0.15) is 5.26 Å². The van der Waals surface area contributed by atoms with Gasteiger partial charge < -0.3 is 15.9 Å². The van der Waals surface area contributed by atoms with Gasteiger partial charge in [-0.05, 0) is 42.5 Å². The molecule has 0 saturated heterocycles. The SMILES string of the molecule is N#Cc1ccc(C[C@H](C[C@H](O)[C@@H](N)Cc2ccccc2)C(=O)O)cc1. The van der Waals surface area contributed by atoms with E-state index < -0.39 is 24.0 Å². The largest absolute Gasteiger partial charge is 0.481 e. The van der Waals surface area contributed by atoms with Crippen molar-refractivity contribution < 1.29 is 15.0 Å². The third-order valence-corrected chi connectivity index (χ3v) is 4.25. The lowest BCUT2D eigenvalue weighted by atomic mass is 9.89. The Morgan fingerprint density at radius 1 is 1.04 bits per heavy atom. The maximum Gasteiger partial charge on any atom is 0.306 e. The monoisotopic (exact) mass is 338 g/mol. The average Bonchev–Trinajstić information content (AvgIpc) is 2.62. The smallest absolute Gasteiger partial charge is 0.306 e. The highest BCUT2D eigenvalue weighted by atomic mass is 16.4. The van der Waals surface area contributed by atoms with Gasteiger partial charge in [0.15, 0.2) is 0 Å². The minimum Gasteiger partial charge on any atom is -0.481 e. The van der Waals surface area contributed by atoms with Gasteiger partial charge in [0.1, 0.15) is 0 Å². The first-order valence-corrected chi connectivity index (χ1v) is 8.19. The number of nitriles is 1. The van der Waals surface area contributed by atoms with Crippen molar-refractivity contribution in [3.8, 4) is 6.07 Å². The maximum absolute atomic E-state index is 11.5. The molecule has 0 aromatic heterocycles. The van der Waals surface area contributed by atoms with Gasteiger partial charge in [0, 0.05) is 6.04 Å². The third-order valence-electron chi connectivity index (χ3n) is 4.25.